The third-order valence-corrected chi connectivity index (χ3v) is 9.85. The van der Waals surface area contributed by atoms with E-state index < -0.39 is 9.89 Å². The monoisotopic (exact) mass is 616 g/mol. The predicted molar refractivity (Wildman–Crippen MR) is 154 cm³/mol. The highest BCUT2D eigenvalue weighted by atomic mass is 127. The number of aryl methyl sites for hydroxylation is 2. The van der Waals surface area contributed by atoms with E-state index in [1.165, 1.54) is 16.8 Å². The van der Waals surface area contributed by atoms with Gasteiger partial charge in [-0.3, -0.25) is 9.59 Å². The van der Waals surface area contributed by atoms with Gasteiger partial charge in [-0.15, -0.1) is 0 Å². The zero-order valence-electron chi connectivity index (χ0n) is 21.3. The number of alkyl halides is 1. The molecule has 0 aliphatic carbocycles. The zero-order valence-corrected chi connectivity index (χ0v) is 23.5. The lowest BCUT2D eigenvalue weighted by molar-refractivity contribution is -0.137. The third-order valence-electron chi connectivity index (χ3n) is 8.39. The number of halogens is 1. The van der Waals surface area contributed by atoms with Crippen LogP contribution in [0.5, 0.6) is 0 Å². The number of piperidine rings is 1. The maximum absolute atomic E-state index is 12.9. The number of likely N-dealkylation sites (tertiary alicyclic amines) is 1. The van der Waals surface area contributed by atoms with Crippen LogP contribution in [-0.2, 0) is 28.9 Å². The van der Waals surface area contributed by atoms with Crippen LogP contribution in [0.1, 0.15) is 48.9 Å². The number of carbonyl (C=O) groups is 2. The van der Waals surface area contributed by atoms with Crippen LogP contribution in [0, 0.1) is 17.8 Å². The summed E-state index contributed by atoms with van der Waals surface area (Å²) in [4.78, 5) is 31.7. The molecule has 3 aliphatic heterocycles. The Morgan fingerprint density at radius 2 is 1.92 bits per heavy atom. The number of hydrogen-bond acceptors (Lipinski definition) is 5. The van der Waals surface area contributed by atoms with Gasteiger partial charge in [-0.1, -0.05) is 46.9 Å². The molecule has 0 radical (unpaired) electrons. The number of nitrogens with zero attached hydrogens (tertiary/aromatic N) is 2. The summed E-state index contributed by atoms with van der Waals surface area (Å²) in [6.07, 6.45) is 7.09. The van der Waals surface area contributed by atoms with Crippen LogP contribution in [0.15, 0.2) is 36.4 Å². The van der Waals surface area contributed by atoms with Crippen LogP contribution in [0.3, 0.4) is 0 Å². The van der Waals surface area contributed by atoms with Gasteiger partial charge in [0.2, 0.25) is 5.91 Å². The molecule has 3 N–H and O–H groups in total. The minimum atomic E-state index is -0.719. The second-order valence-corrected chi connectivity index (χ2v) is 12.1. The Labute approximate surface area is 232 Å². The second kappa shape index (κ2) is 12.0. The Balaban J connectivity index is 1.13. The first-order valence-corrected chi connectivity index (χ1v) is 14.9. The van der Waals surface area contributed by atoms with Crippen LogP contribution in [0.25, 0.3) is 0 Å². The van der Waals surface area contributed by atoms with Crippen molar-refractivity contribution >= 4 is 46.0 Å². The summed E-state index contributed by atoms with van der Waals surface area (Å²) in [5.74, 6) is 1.33. The van der Waals surface area contributed by atoms with Crippen molar-refractivity contribution < 1.29 is 14.7 Å². The normalized spacial score (nSPS) is 21.1. The Morgan fingerprint density at radius 1 is 1.11 bits per heavy atom. The van der Waals surface area contributed by atoms with E-state index in [0.717, 1.165) is 76.2 Å². The van der Waals surface area contributed by atoms with E-state index in [0.29, 0.717) is 24.7 Å². The third kappa shape index (κ3) is 6.38. The number of para-hydroxylation sites is 1. The molecule has 5 rings (SSSR count). The van der Waals surface area contributed by atoms with Crippen molar-refractivity contribution in [3.05, 3.63) is 53.2 Å². The average molecular weight is 617 g/mol. The maximum atomic E-state index is 12.9. The number of carbonyl (C=O) groups excluding carboxylic acids is 1. The standard InChI is InChI=1S/C29H37IN4O3/c30-27(29(36)37)24(22-17-21-4-1-2-6-25(21)32-18-22)16-19-11-14-34(15-12-19)26(35)10-9-23-8-7-20-5-3-13-31-28(20)33-23/h1-2,4,6-8,19,22,24,27,32H,3,5,9-18H2,(H,31,33)(H,36,37). The number of rotatable bonds is 8. The van der Waals surface area contributed by atoms with E-state index in [2.05, 4.69) is 63.6 Å². The van der Waals surface area contributed by atoms with Crippen LogP contribution >= 0.6 is 22.6 Å². The summed E-state index contributed by atoms with van der Waals surface area (Å²) in [5.41, 5.74) is 4.70. The first-order chi connectivity index (χ1) is 18.0. The molecule has 4 heterocycles. The van der Waals surface area contributed by atoms with Gasteiger partial charge in [0.15, 0.2) is 0 Å². The molecule has 8 heteroatoms. The molecular weight excluding hydrogens is 579 g/mol. The fourth-order valence-corrected chi connectivity index (χ4v) is 7.09. The summed E-state index contributed by atoms with van der Waals surface area (Å²) in [5, 5.41) is 16.8. The molecule has 3 atom stereocenters. The summed E-state index contributed by atoms with van der Waals surface area (Å²) in [7, 11) is 0. The van der Waals surface area contributed by atoms with Gasteiger partial charge < -0.3 is 20.6 Å². The fraction of sp³-hybridized carbons (Fsp3) is 0.552. The molecule has 7 nitrogen and oxygen atoms in total. The number of carboxylic acid groups (broad SMARTS) is 1. The number of aromatic nitrogens is 1. The van der Waals surface area contributed by atoms with E-state index >= 15 is 0 Å². The Morgan fingerprint density at radius 3 is 2.73 bits per heavy atom. The van der Waals surface area contributed by atoms with Crippen molar-refractivity contribution in [3.63, 3.8) is 0 Å². The molecule has 1 aromatic heterocycles. The topological polar surface area (TPSA) is 94.6 Å². The SMILES string of the molecule is O=C(O)C(I)C(CC1CCN(C(=O)CCc2ccc3c(n2)NCCC3)CC1)C1CNc2ccccc2C1. The molecular formula is C29H37IN4O3. The second-order valence-electron chi connectivity index (χ2n) is 10.8. The van der Waals surface area contributed by atoms with E-state index in [-0.39, 0.29) is 11.8 Å². The van der Waals surface area contributed by atoms with Crippen molar-refractivity contribution in [1.82, 2.24) is 9.88 Å². The van der Waals surface area contributed by atoms with Gasteiger partial charge in [-0.2, -0.15) is 0 Å². The van der Waals surface area contributed by atoms with Crippen LogP contribution < -0.4 is 10.6 Å². The molecule has 37 heavy (non-hydrogen) atoms. The number of nitrogens with one attached hydrogen (secondary N) is 2. The van der Waals surface area contributed by atoms with Crippen molar-refractivity contribution in [2.75, 3.05) is 36.8 Å². The van der Waals surface area contributed by atoms with Gasteiger partial charge in [0.05, 0.1) is 0 Å². The fourth-order valence-electron chi connectivity index (χ4n) is 6.21. The first-order valence-electron chi connectivity index (χ1n) is 13.7. The highest BCUT2D eigenvalue weighted by Gasteiger charge is 2.37. The predicted octanol–water partition coefficient (Wildman–Crippen LogP) is 4.79. The molecule has 198 valence electrons. The number of amides is 1. The van der Waals surface area contributed by atoms with Crippen LogP contribution in [0.2, 0.25) is 0 Å². The van der Waals surface area contributed by atoms with Crippen LogP contribution in [-0.4, -0.2) is 57.0 Å². The largest absolute Gasteiger partial charge is 0.480 e. The molecule has 1 saturated heterocycles. The van der Waals surface area contributed by atoms with Crippen molar-refractivity contribution in [2.45, 2.75) is 55.3 Å². The first kappa shape index (κ1) is 26.3. The lowest BCUT2D eigenvalue weighted by Crippen LogP contribution is -2.42. The number of aliphatic carboxylic acids is 1. The zero-order chi connectivity index (χ0) is 25.8. The van der Waals surface area contributed by atoms with Gasteiger partial charge in [0.25, 0.3) is 0 Å². The molecule has 3 aliphatic rings. The molecule has 0 spiro atoms. The number of carboxylic acids is 1. The smallest absolute Gasteiger partial charge is 0.316 e. The summed E-state index contributed by atoms with van der Waals surface area (Å²) in [6, 6.07) is 12.6. The molecule has 1 aromatic carbocycles. The number of anilines is 2. The quantitative estimate of drug-likeness (QED) is 0.292. The number of hydrogen-bond donors (Lipinski definition) is 3. The highest BCUT2D eigenvalue weighted by Crippen LogP contribution is 2.38. The highest BCUT2D eigenvalue weighted by molar-refractivity contribution is 14.1. The Bertz CT molecular complexity index is 1120. The van der Waals surface area contributed by atoms with Gasteiger partial charge >= 0.3 is 5.97 Å². The van der Waals surface area contributed by atoms with Gasteiger partial charge in [0, 0.05) is 44.0 Å². The molecule has 1 amide bonds. The lowest BCUT2D eigenvalue weighted by Gasteiger charge is -2.38. The molecule has 1 fully saturated rings. The minimum Gasteiger partial charge on any atom is -0.480 e. The molecule has 2 aromatic rings. The molecule has 0 bridgehead atoms. The summed E-state index contributed by atoms with van der Waals surface area (Å²) >= 11 is 2.13. The van der Waals surface area contributed by atoms with Crippen LogP contribution in [0.4, 0.5) is 11.5 Å². The van der Waals surface area contributed by atoms with Gasteiger partial charge in [0.1, 0.15) is 9.74 Å². The number of benzene rings is 1. The summed E-state index contributed by atoms with van der Waals surface area (Å²) in [6.45, 7) is 3.31. The summed E-state index contributed by atoms with van der Waals surface area (Å²) < 4.78 is -0.409. The maximum Gasteiger partial charge on any atom is 0.316 e. The van der Waals surface area contributed by atoms with Crippen molar-refractivity contribution in [1.29, 1.82) is 0 Å². The molecule has 3 unspecified atom stereocenters. The van der Waals surface area contributed by atoms with Gasteiger partial charge in [-0.25, -0.2) is 4.98 Å². The van der Waals surface area contributed by atoms with Crippen molar-refractivity contribution in [2.24, 2.45) is 17.8 Å². The van der Waals surface area contributed by atoms with Crippen molar-refractivity contribution in [3.8, 4) is 0 Å². The van der Waals surface area contributed by atoms with E-state index in [1.807, 2.05) is 11.0 Å². The minimum absolute atomic E-state index is 0.106. The van der Waals surface area contributed by atoms with E-state index in [4.69, 9.17) is 4.98 Å². The lowest BCUT2D eigenvalue weighted by atomic mass is 9.75. The van der Waals surface area contributed by atoms with Gasteiger partial charge in [-0.05, 0) is 86.0 Å². The number of fused-ring (bicyclic) bond motifs is 2. The Kier molecular flexibility index (Phi) is 8.52. The Hall–Kier alpha value is -2.36. The van der Waals surface area contributed by atoms with E-state index in [9.17, 15) is 14.7 Å². The number of pyridine rings is 1. The average Bonchev–Trinajstić information content (AvgIpc) is 2.94. The molecule has 0 saturated carbocycles. The van der Waals surface area contributed by atoms with E-state index in [1.54, 1.807) is 0 Å².